The zero-order valence-electron chi connectivity index (χ0n) is 17.0. The van der Waals surface area contributed by atoms with Crippen molar-refractivity contribution in [2.75, 3.05) is 45.9 Å². The second kappa shape index (κ2) is 10.5. The molecule has 0 saturated carbocycles. The number of carbonyl (C=O) groups excluding carboxylic acids is 2. The average molecular weight is 388 g/mol. The predicted octanol–water partition coefficient (Wildman–Crippen LogP) is 2.77. The molecule has 2 fully saturated rings. The second-order valence-electron chi connectivity index (χ2n) is 7.67. The third-order valence-corrected chi connectivity index (χ3v) is 5.86. The summed E-state index contributed by atoms with van der Waals surface area (Å²) < 4.78 is 5.11. The van der Waals surface area contributed by atoms with Crippen molar-refractivity contribution >= 4 is 12.0 Å². The highest BCUT2D eigenvalue weighted by molar-refractivity contribution is 5.76. The quantitative estimate of drug-likeness (QED) is 0.780. The molecule has 0 atom stereocenters. The van der Waals surface area contributed by atoms with Crippen LogP contribution in [0.5, 0.6) is 0 Å². The monoisotopic (exact) mass is 387 g/mol. The Labute approximate surface area is 168 Å². The number of rotatable bonds is 5. The summed E-state index contributed by atoms with van der Waals surface area (Å²) in [5.74, 6) is 0.267. The molecule has 2 amide bonds. The standard InChI is InChI=1S/C22H33N3O3/c1-2-28-22(27)25-15-11-20(12-16-25)23-13-6-14-24(18-17-23)21(26)10-9-19-7-4-3-5-8-19/h3-5,7-8,20H,2,6,9-18H2,1H3. The number of amides is 2. The molecular weight excluding hydrogens is 354 g/mol. The maximum atomic E-state index is 12.6. The Morgan fingerprint density at radius 3 is 2.43 bits per heavy atom. The summed E-state index contributed by atoms with van der Waals surface area (Å²) in [6, 6.07) is 10.7. The zero-order valence-corrected chi connectivity index (χ0v) is 17.0. The minimum atomic E-state index is -0.188. The van der Waals surface area contributed by atoms with Crippen LogP contribution in [0.2, 0.25) is 0 Å². The number of aryl methyl sites for hydroxylation is 1. The molecule has 0 N–H and O–H groups in total. The van der Waals surface area contributed by atoms with Gasteiger partial charge in [-0.25, -0.2) is 4.79 Å². The smallest absolute Gasteiger partial charge is 0.409 e. The number of likely N-dealkylation sites (tertiary alicyclic amines) is 1. The lowest BCUT2D eigenvalue weighted by molar-refractivity contribution is -0.131. The van der Waals surface area contributed by atoms with Crippen LogP contribution >= 0.6 is 0 Å². The molecule has 28 heavy (non-hydrogen) atoms. The van der Waals surface area contributed by atoms with Gasteiger partial charge >= 0.3 is 6.09 Å². The van der Waals surface area contributed by atoms with Crippen molar-refractivity contribution < 1.29 is 14.3 Å². The van der Waals surface area contributed by atoms with Crippen molar-refractivity contribution in [1.29, 1.82) is 0 Å². The van der Waals surface area contributed by atoms with Gasteiger partial charge in [-0.3, -0.25) is 9.69 Å². The lowest BCUT2D eigenvalue weighted by Crippen LogP contribution is -2.48. The fourth-order valence-corrected chi connectivity index (χ4v) is 4.23. The van der Waals surface area contributed by atoms with Crippen molar-refractivity contribution in [3.05, 3.63) is 35.9 Å². The van der Waals surface area contributed by atoms with Gasteiger partial charge in [0.25, 0.3) is 0 Å². The average Bonchev–Trinajstić information content (AvgIpc) is 2.99. The van der Waals surface area contributed by atoms with Crippen LogP contribution < -0.4 is 0 Å². The Morgan fingerprint density at radius 2 is 1.71 bits per heavy atom. The predicted molar refractivity (Wildman–Crippen MR) is 109 cm³/mol. The molecule has 154 valence electrons. The molecule has 2 saturated heterocycles. The molecule has 0 radical (unpaired) electrons. The van der Waals surface area contributed by atoms with Gasteiger partial charge < -0.3 is 14.5 Å². The fraction of sp³-hybridized carbons (Fsp3) is 0.636. The highest BCUT2D eigenvalue weighted by Gasteiger charge is 2.29. The highest BCUT2D eigenvalue weighted by Crippen LogP contribution is 2.19. The van der Waals surface area contributed by atoms with Crippen LogP contribution in [-0.2, 0) is 16.0 Å². The van der Waals surface area contributed by atoms with Crippen LogP contribution in [0.25, 0.3) is 0 Å². The van der Waals surface area contributed by atoms with Crippen molar-refractivity contribution in [2.24, 2.45) is 0 Å². The maximum Gasteiger partial charge on any atom is 0.409 e. The van der Waals surface area contributed by atoms with Crippen LogP contribution in [0, 0.1) is 0 Å². The maximum absolute atomic E-state index is 12.6. The molecule has 2 aliphatic heterocycles. The van der Waals surface area contributed by atoms with Crippen LogP contribution in [0.3, 0.4) is 0 Å². The van der Waals surface area contributed by atoms with E-state index in [0.717, 1.165) is 65.0 Å². The SMILES string of the molecule is CCOC(=O)N1CCC(N2CCCN(C(=O)CCc3ccccc3)CC2)CC1. The molecule has 2 aliphatic rings. The molecule has 1 aromatic rings. The van der Waals surface area contributed by atoms with Gasteiger partial charge in [0.2, 0.25) is 5.91 Å². The Bertz CT molecular complexity index is 629. The minimum Gasteiger partial charge on any atom is -0.450 e. The fourth-order valence-electron chi connectivity index (χ4n) is 4.23. The summed E-state index contributed by atoms with van der Waals surface area (Å²) in [5.41, 5.74) is 1.22. The summed E-state index contributed by atoms with van der Waals surface area (Å²) in [7, 11) is 0. The van der Waals surface area contributed by atoms with E-state index in [9.17, 15) is 9.59 Å². The summed E-state index contributed by atoms with van der Waals surface area (Å²) in [6.45, 7) is 7.43. The molecule has 0 unspecified atom stereocenters. The first-order valence-electron chi connectivity index (χ1n) is 10.6. The summed E-state index contributed by atoms with van der Waals surface area (Å²) in [6.07, 6.45) is 4.21. The number of ether oxygens (including phenoxy) is 1. The van der Waals surface area contributed by atoms with Gasteiger partial charge in [0, 0.05) is 51.7 Å². The topological polar surface area (TPSA) is 53.1 Å². The zero-order chi connectivity index (χ0) is 19.8. The van der Waals surface area contributed by atoms with E-state index in [4.69, 9.17) is 4.74 Å². The van der Waals surface area contributed by atoms with E-state index in [1.807, 2.05) is 34.9 Å². The van der Waals surface area contributed by atoms with Crippen LogP contribution in [-0.4, -0.2) is 78.6 Å². The second-order valence-corrected chi connectivity index (χ2v) is 7.67. The summed E-state index contributed by atoms with van der Waals surface area (Å²) >= 11 is 0. The van der Waals surface area contributed by atoms with Crippen molar-refractivity contribution in [2.45, 2.75) is 45.1 Å². The van der Waals surface area contributed by atoms with Gasteiger partial charge in [-0.15, -0.1) is 0 Å². The van der Waals surface area contributed by atoms with Gasteiger partial charge in [0.1, 0.15) is 0 Å². The molecule has 2 heterocycles. The number of benzene rings is 1. The van der Waals surface area contributed by atoms with E-state index < -0.39 is 0 Å². The number of piperidine rings is 1. The lowest BCUT2D eigenvalue weighted by atomic mass is 10.0. The van der Waals surface area contributed by atoms with E-state index in [1.54, 1.807) is 0 Å². The first kappa shape index (κ1) is 20.6. The Morgan fingerprint density at radius 1 is 0.964 bits per heavy atom. The highest BCUT2D eigenvalue weighted by atomic mass is 16.6. The van der Waals surface area contributed by atoms with Gasteiger partial charge in [-0.1, -0.05) is 30.3 Å². The molecule has 1 aromatic carbocycles. The Hall–Kier alpha value is -2.08. The number of hydrogen-bond acceptors (Lipinski definition) is 4. The van der Waals surface area contributed by atoms with E-state index in [-0.39, 0.29) is 12.0 Å². The van der Waals surface area contributed by atoms with E-state index in [1.165, 1.54) is 5.56 Å². The largest absolute Gasteiger partial charge is 0.450 e. The first-order chi connectivity index (χ1) is 13.7. The summed E-state index contributed by atoms with van der Waals surface area (Å²) in [4.78, 5) is 30.9. The summed E-state index contributed by atoms with van der Waals surface area (Å²) in [5, 5.41) is 0. The van der Waals surface area contributed by atoms with Gasteiger partial charge in [0.15, 0.2) is 0 Å². The Balaban J connectivity index is 1.42. The lowest BCUT2D eigenvalue weighted by Gasteiger charge is -2.37. The molecule has 0 spiro atoms. The molecular formula is C22H33N3O3. The Kier molecular flexibility index (Phi) is 7.71. The van der Waals surface area contributed by atoms with Crippen LogP contribution in [0.15, 0.2) is 30.3 Å². The third kappa shape index (κ3) is 5.71. The van der Waals surface area contributed by atoms with Crippen molar-refractivity contribution in [1.82, 2.24) is 14.7 Å². The number of carbonyl (C=O) groups is 2. The van der Waals surface area contributed by atoms with Gasteiger partial charge in [-0.05, 0) is 38.2 Å². The van der Waals surface area contributed by atoms with E-state index >= 15 is 0 Å². The van der Waals surface area contributed by atoms with E-state index in [2.05, 4.69) is 17.0 Å². The van der Waals surface area contributed by atoms with Crippen LogP contribution in [0.1, 0.15) is 38.2 Å². The molecule has 6 nitrogen and oxygen atoms in total. The van der Waals surface area contributed by atoms with Crippen molar-refractivity contribution in [3.8, 4) is 0 Å². The molecule has 0 bridgehead atoms. The third-order valence-electron chi connectivity index (χ3n) is 5.86. The minimum absolute atomic E-state index is 0.188. The molecule has 6 heteroatoms. The molecule has 0 aromatic heterocycles. The first-order valence-corrected chi connectivity index (χ1v) is 10.6. The van der Waals surface area contributed by atoms with E-state index in [0.29, 0.717) is 19.1 Å². The van der Waals surface area contributed by atoms with Gasteiger partial charge in [-0.2, -0.15) is 0 Å². The van der Waals surface area contributed by atoms with Gasteiger partial charge in [0.05, 0.1) is 6.61 Å². The van der Waals surface area contributed by atoms with Crippen LogP contribution in [0.4, 0.5) is 4.79 Å². The molecule has 0 aliphatic carbocycles. The van der Waals surface area contributed by atoms with Crippen molar-refractivity contribution in [3.63, 3.8) is 0 Å². The number of hydrogen-bond donors (Lipinski definition) is 0. The number of nitrogens with zero attached hydrogens (tertiary/aromatic N) is 3. The normalized spacial score (nSPS) is 19.3. The molecule has 3 rings (SSSR count).